The zero-order valence-corrected chi connectivity index (χ0v) is 19.7. The standard InChI is InChI=1S/C23H32N4O3S/c1-14(2)17(21(30)26-12-10-25(5)11-13-26)24-19(28)18-23(3,4)31-22-16-9-7-6-8-15(16)20(29)27(18)22/h6-9,14,17-18,22H,10-13H2,1-5H3,(H,24,28). The van der Waals surface area contributed by atoms with E-state index in [2.05, 4.69) is 10.2 Å². The van der Waals surface area contributed by atoms with E-state index < -0.39 is 16.8 Å². The minimum atomic E-state index is -0.635. The predicted molar refractivity (Wildman–Crippen MR) is 122 cm³/mol. The van der Waals surface area contributed by atoms with Gasteiger partial charge in [0, 0.05) is 36.5 Å². The van der Waals surface area contributed by atoms with Gasteiger partial charge in [0.2, 0.25) is 11.8 Å². The van der Waals surface area contributed by atoms with Gasteiger partial charge < -0.3 is 20.0 Å². The number of likely N-dealkylation sites (N-methyl/N-ethyl adjacent to an activating group) is 1. The average molecular weight is 445 g/mol. The van der Waals surface area contributed by atoms with E-state index in [9.17, 15) is 14.4 Å². The van der Waals surface area contributed by atoms with Crippen LogP contribution in [0.25, 0.3) is 0 Å². The molecule has 3 unspecified atom stereocenters. The minimum absolute atomic E-state index is 0.0347. The zero-order valence-electron chi connectivity index (χ0n) is 18.9. The lowest BCUT2D eigenvalue weighted by atomic mass is 9.97. The van der Waals surface area contributed by atoms with Crippen molar-refractivity contribution in [3.05, 3.63) is 35.4 Å². The van der Waals surface area contributed by atoms with Gasteiger partial charge >= 0.3 is 0 Å². The van der Waals surface area contributed by atoms with Crippen molar-refractivity contribution in [1.29, 1.82) is 0 Å². The highest BCUT2D eigenvalue weighted by Crippen LogP contribution is 2.56. The minimum Gasteiger partial charge on any atom is -0.342 e. The van der Waals surface area contributed by atoms with E-state index in [4.69, 9.17) is 0 Å². The molecule has 7 nitrogen and oxygen atoms in total. The second-order valence-electron chi connectivity index (χ2n) is 9.63. The lowest BCUT2D eigenvalue weighted by molar-refractivity contribution is -0.140. The lowest BCUT2D eigenvalue weighted by Gasteiger charge is -2.37. The quantitative estimate of drug-likeness (QED) is 0.769. The van der Waals surface area contributed by atoms with Crippen LogP contribution in [0, 0.1) is 5.92 Å². The van der Waals surface area contributed by atoms with Crippen molar-refractivity contribution in [2.75, 3.05) is 33.2 Å². The van der Waals surface area contributed by atoms with Gasteiger partial charge in [-0.15, -0.1) is 11.8 Å². The molecule has 3 amide bonds. The van der Waals surface area contributed by atoms with Crippen molar-refractivity contribution in [2.45, 2.75) is 49.9 Å². The molecule has 0 aromatic heterocycles. The Kier molecular flexibility index (Phi) is 5.81. The summed E-state index contributed by atoms with van der Waals surface area (Å²) in [6, 6.07) is 6.34. The number of amides is 3. The molecular formula is C23H32N4O3S. The van der Waals surface area contributed by atoms with Crippen LogP contribution in [0.15, 0.2) is 24.3 Å². The van der Waals surface area contributed by atoms with Crippen LogP contribution in [-0.2, 0) is 9.59 Å². The average Bonchev–Trinajstić information content (AvgIpc) is 3.15. The molecule has 0 radical (unpaired) electrons. The second-order valence-corrected chi connectivity index (χ2v) is 11.4. The summed E-state index contributed by atoms with van der Waals surface area (Å²) in [6.07, 6.45) is 0. The molecule has 3 heterocycles. The number of carbonyl (C=O) groups excluding carboxylic acids is 3. The lowest BCUT2D eigenvalue weighted by Crippen LogP contribution is -2.60. The Balaban J connectivity index is 1.55. The van der Waals surface area contributed by atoms with E-state index in [0.717, 1.165) is 18.7 Å². The van der Waals surface area contributed by atoms with Crippen LogP contribution in [0.3, 0.4) is 0 Å². The molecule has 168 valence electrons. The smallest absolute Gasteiger partial charge is 0.256 e. The van der Waals surface area contributed by atoms with E-state index in [-0.39, 0.29) is 29.0 Å². The van der Waals surface area contributed by atoms with E-state index >= 15 is 0 Å². The first-order chi connectivity index (χ1) is 14.6. The molecule has 3 atom stereocenters. The summed E-state index contributed by atoms with van der Waals surface area (Å²) in [7, 11) is 2.05. The summed E-state index contributed by atoms with van der Waals surface area (Å²) in [5.41, 5.74) is 1.64. The third-order valence-electron chi connectivity index (χ3n) is 6.59. The highest BCUT2D eigenvalue weighted by Gasteiger charge is 2.57. The summed E-state index contributed by atoms with van der Waals surface area (Å²) < 4.78 is -0.462. The van der Waals surface area contributed by atoms with Gasteiger partial charge in [0.05, 0.1) is 0 Å². The van der Waals surface area contributed by atoms with Crippen LogP contribution in [-0.4, -0.2) is 82.5 Å². The normalized spacial score (nSPS) is 26.1. The third-order valence-corrected chi connectivity index (χ3v) is 8.13. The van der Waals surface area contributed by atoms with E-state index in [0.29, 0.717) is 18.7 Å². The largest absolute Gasteiger partial charge is 0.342 e. The van der Waals surface area contributed by atoms with Crippen molar-refractivity contribution in [1.82, 2.24) is 20.0 Å². The molecule has 31 heavy (non-hydrogen) atoms. The molecular weight excluding hydrogens is 412 g/mol. The van der Waals surface area contributed by atoms with Crippen LogP contribution < -0.4 is 5.32 Å². The predicted octanol–water partition coefficient (Wildman–Crippen LogP) is 1.95. The summed E-state index contributed by atoms with van der Waals surface area (Å²) in [6.45, 7) is 10.9. The van der Waals surface area contributed by atoms with Gasteiger partial charge in [-0.2, -0.15) is 0 Å². The fourth-order valence-corrected chi connectivity index (χ4v) is 6.36. The van der Waals surface area contributed by atoms with Gasteiger partial charge in [0.15, 0.2) is 0 Å². The second kappa shape index (κ2) is 8.13. The van der Waals surface area contributed by atoms with Gasteiger partial charge in [0.25, 0.3) is 5.91 Å². The first-order valence-corrected chi connectivity index (χ1v) is 11.9. The Morgan fingerprint density at radius 1 is 1.13 bits per heavy atom. The van der Waals surface area contributed by atoms with E-state index in [1.807, 2.05) is 63.9 Å². The highest BCUT2D eigenvalue weighted by atomic mass is 32.2. The molecule has 0 aliphatic carbocycles. The number of thioether (sulfide) groups is 1. The number of piperazine rings is 1. The maximum absolute atomic E-state index is 13.6. The Morgan fingerprint density at radius 3 is 2.42 bits per heavy atom. The maximum Gasteiger partial charge on any atom is 0.256 e. The molecule has 1 N–H and O–H groups in total. The molecule has 2 saturated heterocycles. The number of rotatable bonds is 4. The number of hydrogen-bond donors (Lipinski definition) is 1. The molecule has 4 rings (SSSR count). The topological polar surface area (TPSA) is 73.0 Å². The van der Waals surface area contributed by atoms with Crippen molar-refractivity contribution in [3.63, 3.8) is 0 Å². The number of nitrogens with one attached hydrogen (secondary N) is 1. The Bertz CT molecular complexity index is 895. The van der Waals surface area contributed by atoms with Crippen molar-refractivity contribution in [2.24, 2.45) is 5.92 Å². The number of fused-ring (bicyclic) bond motifs is 3. The first-order valence-electron chi connectivity index (χ1n) is 11.0. The Labute approximate surface area is 188 Å². The summed E-state index contributed by atoms with van der Waals surface area (Å²) in [4.78, 5) is 45.7. The molecule has 2 fully saturated rings. The van der Waals surface area contributed by atoms with Crippen LogP contribution in [0.5, 0.6) is 0 Å². The molecule has 8 heteroatoms. The number of hydrogen-bond acceptors (Lipinski definition) is 5. The van der Waals surface area contributed by atoms with Gasteiger partial charge in [-0.1, -0.05) is 32.0 Å². The van der Waals surface area contributed by atoms with Crippen molar-refractivity contribution in [3.8, 4) is 0 Å². The molecule has 0 saturated carbocycles. The van der Waals surface area contributed by atoms with Gasteiger partial charge in [0.1, 0.15) is 17.5 Å². The molecule has 0 spiro atoms. The van der Waals surface area contributed by atoms with Crippen LogP contribution in [0.1, 0.15) is 49.0 Å². The zero-order chi connectivity index (χ0) is 22.5. The highest BCUT2D eigenvalue weighted by molar-refractivity contribution is 8.01. The van der Waals surface area contributed by atoms with Crippen LogP contribution in [0.2, 0.25) is 0 Å². The van der Waals surface area contributed by atoms with Crippen LogP contribution >= 0.6 is 11.8 Å². The van der Waals surface area contributed by atoms with E-state index in [1.165, 1.54) is 0 Å². The number of nitrogens with zero attached hydrogens (tertiary/aromatic N) is 3. The molecule has 3 aliphatic rings. The molecule has 1 aromatic rings. The number of benzene rings is 1. The van der Waals surface area contributed by atoms with Gasteiger partial charge in [-0.25, -0.2) is 0 Å². The van der Waals surface area contributed by atoms with Gasteiger partial charge in [-0.3, -0.25) is 14.4 Å². The fraction of sp³-hybridized carbons (Fsp3) is 0.609. The van der Waals surface area contributed by atoms with Crippen LogP contribution in [0.4, 0.5) is 0 Å². The first kappa shape index (κ1) is 22.1. The van der Waals surface area contributed by atoms with Crippen molar-refractivity contribution >= 4 is 29.5 Å². The Hall–Kier alpha value is -2.06. The monoisotopic (exact) mass is 444 g/mol. The molecule has 3 aliphatic heterocycles. The van der Waals surface area contributed by atoms with E-state index in [1.54, 1.807) is 16.7 Å². The summed E-state index contributed by atoms with van der Waals surface area (Å²) in [5, 5.41) is 2.86. The summed E-state index contributed by atoms with van der Waals surface area (Å²) >= 11 is 1.64. The fourth-order valence-electron chi connectivity index (χ4n) is 4.77. The molecule has 0 bridgehead atoms. The third kappa shape index (κ3) is 3.84. The molecule has 1 aromatic carbocycles. The number of carbonyl (C=O) groups is 3. The van der Waals surface area contributed by atoms with Gasteiger partial charge in [-0.05, 0) is 38.4 Å². The SMILES string of the molecule is CC(C)C(NC(=O)C1N2C(=O)c3ccccc3C2SC1(C)C)C(=O)N1CCN(C)CC1. The summed E-state index contributed by atoms with van der Waals surface area (Å²) in [5.74, 6) is -0.435. The maximum atomic E-state index is 13.6. The van der Waals surface area contributed by atoms with Crippen molar-refractivity contribution < 1.29 is 14.4 Å². The Morgan fingerprint density at radius 2 is 1.77 bits per heavy atom.